The van der Waals surface area contributed by atoms with Gasteiger partial charge in [0.15, 0.2) is 0 Å². The SMILES string of the molecule is C=C=COc1ccc(CC)cc1. The Morgan fingerprint density at radius 3 is 2.58 bits per heavy atom. The summed E-state index contributed by atoms with van der Waals surface area (Å²) in [5.74, 6) is 0.823. The van der Waals surface area contributed by atoms with Crippen LogP contribution in [0.4, 0.5) is 0 Å². The van der Waals surface area contributed by atoms with Gasteiger partial charge in [0.25, 0.3) is 0 Å². The molecule has 0 aromatic heterocycles. The predicted molar refractivity (Wildman–Crippen MR) is 50.2 cm³/mol. The molecule has 0 heterocycles. The maximum absolute atomic E-state index is 5.16. The molecule has 62 valence electrons. The van der Waals surface area contributed by atoms with Gasteiger partial charge in [0, 0.05) is 0 Å². The van der Waals surface area contributed by atoms with Gasteiger partial charge in [-0.05, 0) is 24.1 Å². The molecule has 0 aliphatic carbocycles. The first-order valence-corrected chi connectivity index (χ1v) is 3.96. The Morgan fingerprint density at radius 2 is 2.08 bits per heavy atom. The molecule has 0 atom stereocenters. The monoisotopic (exact) mass is 160 g/mol. The van der Waals surface area contributed by atoms with Crippen LogP contribution in [0, 0.1) is 0 Å². The fraction of sp³-hybridized carbons (Fsp3) is 0.182. The summed E-state index contributed by atoms with van der Waals surface area (Å²) in [6.07, 6.45) is 2.50. The Labute approximate surface area is 73.0 Å². The summed E-state index contributed by atoms with van der Waals surface area (Å²) in [5, 5.41) is 0. The molecule has 0 radical (unpaired) electrons. The minimum absolute atomic E-state index is 0.823. The van der Waals surface area contributed by atoms with E-state index in [0.717, 1.165) is 12.2 Å². The van der Waals surface area contributed by atoms with E-state index < -0.39 is 0 Å². The Morgan fingerprint density at radius 1 is 1.42 bits per heavy atom. The zero-order valence-corrected chi connectivity index (χ0v) is 7.21. The first kappa shape index (κ1) is 8.63. The molecule has 12 heavy (non-hydrogen) atoms. The van der Waals surface area contributed by atoms with Gasteiger partial charge < -0.3 is 4.74 Å². The smallest absolute Gasteiger partial charge is 0.133 e. The molecule has 0 unspecified atom stereocenters. The van der Waals surface area contributed by atoms with Crippen LogP contribution in [0.15, 0.2) is 42.8 Å². The van der Waals surface area contributed by atoms with Crippen molar-refractivity contribution >= 4 is 0 Å². The van der Waals surface area contributed by atoms with E-state index in [1.165, 1.54) is 11.8 Å². The maximum atomic E-state index is 5.16. The summed E-state index contributed by atoms with van der Waals surface area (Å²) in [6.45, 7) is 5.53. The fourth-order valence-electron chi connectivity index (χ4n) is 0.913. The lowest BCUT2D eigenvalue weighted by Gasteiger charge is -1.99. The number of rotatable bonds is 3. The van der Waals surface area contributed by atoms with Crippen LogP contribution >= 0.6 is 0 Å². The van der Waals surface area contributed by atoms with E-state index in [1.807, 2.05) is 24.3 Å². The van der Waals surface area contributed by atoms with Gasteiger partial charge in [-0.1, -0.05) is 31.4 Å². The third-order valence-electron chi connectivity index (χ3n) is 1.61. The van der Waals surface area contributed by atoms with Gasteiger partial charge in [0.2, 0.25) is 0 Å². The molecule has 0 N–H and O–H groups in total. The van der Waals surface area contributed by atoms with E-state index in [0.29, 0.717) is 0 Å². The second kappa shape index (κ2) is 4.42. The lowest BCUT2D eigenvalue weighted by atomic mass is 10.2. The number of hydrogen-bond acceptors (Lipinski definition) is 1. The van der Waals surface area contributed by atoms with E-state index in [-0.39, 0.29) is 0 Å². The zero-order valence-electron chi connectivity index (χ0n) is 7.21. The van der Waals surface area contributed by atoms with Crippen molar-refractivity contribution in [2.24, 2.45) is 0 Å². The highest BCUT2D eigenvalue weighted by Crippen LogP contribution is 2.12. The first-order chi connectivity index (χ1) is 5.86. The van der Waals surface area contributed by atoms with E-state index in [9.17, 15) is 0 Å². The average Bonchev–Trinajstić information content (AvgIpc) is 2.15. The highest BCUT2D eigenvalue weighted by Gasteiger charge is 1.90. The van der Waals surface area contributed by atoms with Gasteiger partial charge in [0.05, 0.1) is 0 Å². The van der Waals surface area contributed by atoms with Gasteiger partial charge in [-0.2, -0.15) is 0 Å². The largest absolute Gasteiger partial charge is 0.457 e. The van der Waals surface area contributed by atoms with E-state index in [4.69, 9.17) is 4.74 Å². The minimum atomic E-state index is 0.823. The van der Waals surface area contributed by atoms with Crippen LogP contribution in [0.2, 0.25) is 0 Å². The summed E-state index contributed by atoms with van der Waals surface area (Å²) in [7, 11) is 0. The van der Waals surface area contributed by atoms with Crippen LogP contribution in [0.5, 0.6) is 5.75 Å². The molecule has 1 aromatic rings. The topological polar surface area (TPSA) is 9.23 Å². The second-order valence-corrected chi connectivity index (χ2v) is 2.44. The average molecular weight is 160 g/mol. The number of hydrogen-bond donors (Lipinski definition) is 0. The zero-order chi connectivity index (χ0) is 8.81. The van der Waals surface area contributed by atoms with Crippen molar-refractivity contribution < 1.29 is 4.74 Å². The van der Waals surface area contributed by atoms with Crippen molar-refractivity contribution in [3.63, 3.8) is 0 Å². The van der Waals surface area contributed by atoms with E-state index in [1.54, 1.807) is 0 Å². The highest BCUT2D eigenvalue weighted by molar-refractivity contribution is 5.27. The summed E-state index contributed by atoms with van der Waals surface area (Å²) in [5.41, 5.74) is 3.86. The quantitative estimate of drug-likeness (QED) is 0.488. The third-order valence-corrected chi connectivity index (χ3v) is 1.61. The molecule has 0 saturated heterocycles. The minimum Gasteiger partial charge on any atom is -0.457 e. The van der Waals surface area contributed by atoms with Gasteiger partial charge in [-0.3, -0.25) is 0 Å². The number of aryl methyl sites for hydroxylation is 1. The standard InChI is InChI=1S/C11H12O/c1-3-9-12-11-7-5-10(4-2)6-8-11/h5-9H,1,4H2,2H3. The molecule has 1 nitrogen and oxygen atoms in total. The molecule has 0 aliphatic rings. The van der Waals surface area contributed by atoms with Gasteiger partial charge >= 0.3 is 0 Å². The molecule has 0 spiro atoms. The van der Waals surface area contributed by atoms with Gasteiger partial charge in [-0.15, -0.1) is 0 Å². The van der Waals surface area contributed by atoms with Gasteiger partial charge in [-0.25, -0.2) is 0 Å². The molecule has 0 saturated carbocycles. The Bertz CT molecular complexity index is 278. The molecular weight excluding hydrogens is 148 g/mol. The van der Waals surface area contributed by atoms with Crippen molar-refractivity contribution in [1.29, 1.82) is 0 Å². The van der Waals surface area contributed by atoms with Crippen LogP contribution in [-0.4, -0.2) is 0 Å². The molecule has 0 aliphatic heterocycles. The van der Waals surface area contributed by atoms with Crippen molar-refractivity contribution in [3.8, 4) is 5.75 Å². The molecule has 0 amide bonds. The van der Waals surface area contributed by atoms with E-state index in [2.05, 4.69) is 19.2 Å². The summed E-state index contributed by atoms with van der Waals surface area (Å²) >= 11 is 0. The number of ether oxygens (including phenoxy) is 1. The molecule has 0 fully saturated rings. The molecule has 1 rings (SSSR count). The van der Waals surface area contributed by atoms with Crippen molar-refractivity contribution in [2.45, 2.75) is 13.3 Å². The molecule has 1 heteroatoms. The van der Waals surface area contributed by atoms with Crippen molar-refractivity contribution in [3.05, 3.63) is 48.4 Å². The summed E-state index contributed by atoms with van der Waals surface area (Å²) in [6, 6.07) is 7.97. The van der Waals surface area contributed by atoms with Crippen LogP contribution in [0.1, 0.15) is 12.5 Å². The van der Waals surface area contributed by atoms with Crippen molar-refractivity contribution in [1.82, 2.24) is 0 Å². The van der Waals surface area contributed by atoms with Crippen molar-refractivity contribution in [2.75, 3.05) is 0 Å². The molecule has 1 aromatic carbocycles. The van der Waals surface area contributed by atoms with Crippen LogP contribution < -0.4 is 4.74 Å². The lowest BCUT2D eigenvalue weighted by Crippen LogP contribution is -1.82. The first-order valence-electron chi connectivity index (χ1n) is 3.96. The van der Waals surface area contributed by atoms with E-state index >= 15 is 0 Å². The molecular formula is C11H12O. The predicted octanol–water partition coefficient (Wildman–Crippen LogP) is 2.93. The Hall–Kier alpha value is -1.46. The second-order valence-electron chi connectivity index (χ2n) is 2.44. The van der Waals surface area contributed by atoms with Crippen LogP contribution in [0.25, 0.3) is 0 Å². The third kappa shape index (κ3) is 2.30. The Kier molecular flexibility index (Phi) is 3.18. The van der Waals surface area contributed by atoms with Crippen LogP contribution in [0.3, 0.4) is 0 Å². The highest BCUT2D eigenvalue weighted by atomic mass is 16.5. The molecule has 0 bridgehead atoms. The number of benzene rings is 1. The fourth-order valence-corrected chi connectivity index (χ4v) is 0.913. The van der Waals surface area contributed by atoms with Gasteiger partial charge in [0.1, 0.15) is 12.0 Å². The van der Waals surface area contributed by atoms with Crippen LogP contribution in [-0.2, 0) is 6.42 Å². The Balaban J connectivity index is 2.70. The lowest BCUT2D eigenvalue weighted by molar-refractivity contribution is 0.482. The maximum Gasteiger partial charge on any atom is 0.133 e. The summed E-state index contributed by atoms with van der Waals surface area (Å²) in [4.78, 5) is 0. The summed E-state index contributed by atoms with van der Waals surface area (Å²) < 4.78 is 5.16. The normalized spacial score (nSPS) is 8.75.